The van der Waals surface area contributed by atoms with Gasteiger partial charge in [-0.15, -0.1) is 0 Å². The molecule has 3 N–H and O–H groups in total. The first-order chi connectivity index (χ1) is 9.74. The Morgan fingerprint density at radius 3 is 2.38 bits per heavy atom. The van der Waals surface area contributed by atoms with Gasteiger partial charge in [-0.1, -0.05) is 0 Å². The molecule has 6 heteroatoms. The van der Waals surface area contributed by atoms with Crippen LogP contribution in [0.25, 0.3) is 16.8 Å². The number of rotatable bonds is 1. The van der Waals surface area contributed by atoms with Crippen LogP contribution in [0.3, 0.4) is 0 Å². The average molecular weight is 284 g/mol. The van der Waals surface area contributed by atoms with Gasteiger partial charge in [0.15, 0.2) is 0 Å². The Morgan fingerprint density at radius 2 is 1.71 bits per heavy atom. The summed E-state index contributed by atoms with van der Waals surface area (Å²) in [6.07, 6.45) is 0. The van der Waals surface area contributed by atoms with Crippen molar-refractivity contribution in [3.05, 3.63) is 23.3 Å². The third-order valence-electron chi connectivity index (χ3n) is 3.39. The molecular weight excluding hydrogens is 264 g/mol. The van der Waals surface area contributed by atoms with Gasteiger partial charge in [0.25, 0.3) is 0 Å². The lowest BCUT2D eigenvalue weighted by molar-refractivity contribution is 0.624. The maximum Gasteiger partial charge on any atom is 0.241 e. The van der Waals surface area contributed by atoms with Gasteiger partial charge in [0, 0.05) is 5.54 Å². The van der Waals surface area contributed by atoms with Crippen LogP contribution in [0.2, 0.25) is 0 Å². The fourth-order valence-electron chi connectivity index (χ4n) is 2.31. The number of aromatic nitrogens is 4. The number of hydrogen-bond donors (Lipinski definition) is 2. The van der Waals surface area contributed by atoms with Crippen molar-refractivity contribution in [2.75, 3.05) is 11.1 Å². The van der Waals surface area contributed by atoms with Crippen LogP contribution in [-0.2, 0) is 0 Å². The van der Waals surface area contributed by atoms with E-state index in [-0.39, 0.29) is 11.5 Å². The van der Waals surface area contributed by atoms with Crippen molar-refractivity contribution < 1.29 is 0 Å². The number of benzene rings is 1. The van der Waals surface area contributed by atoms with E-state index in [0.29, 0.717) is 11.7 Å². The molecule has 0 aliphatic rings. The Bertz CT molecular complexity index is 841. The third-order valence-corrected chi connectivity index (χ3v) is 3.39. The van der Waals surface area contributed by atoms with Crippen LogP contribution >= 0.6 is 0 Å². The number of aryl methyl sites for hydroxylation is 2. The summed E-state index contributed by atoms with van der Waals surface area (Å²) in [6.45, 7) is 10.4. The van der Waals surface area contributed by atoms with Crippen molar-refractivity contribution in [3.8, 4) is 0 Å². The van der Waals surface area contributed by atoms with E-state index in [1.165, 1.54) is 11.1 Å². The molecular formula is C15H20N6. The molecule has 21 heavy (non-hydrogen) atoms. The Hall–Kier alpha value is -2.37. The molecule has 0 unspecified atom stereocenters. The first-order valence-corrected chi connectivity index (χ1v) is 6.96. The molecule has 0 aliphatic carbocycles. The van der Waals surface area contributed by atoms with Crippen molar-refractivity contribution >= 4 is 28.7 Å². The normalized spacial score (nSPS) is 12.2. The molecule has 3 aromatic rings. The monoisotopic (exact) mass is 284 g/mol. The van der Waals surface area contributed by atoms with Crippen molar-refractivity contribution in [2.45, 2.75) is 40.2 Å². The fraction of sp³-hybridized carbons (Fsp3) is 0.400. The molecule has 1 aromatic carbocycles. The molecule has 0 saturated heterocycles. The molecule has 3 rings (SSSR count). The second-order valence-electron chi connectivity index (χ2n) is 6.45. The maximum absolute atomic E-state index is 5.81. The highest BCUT2D eigenvalue weighted by atomic mass is 15.3. The van der Waals surface area contributed by atoms with E-state index >= 15 is 0 Å². The highest BCUT2D eigenvalue weighted by molar-refractivity contribution is 5.82. The molecule has 0 atom stereocenters. The minimum atomic E-state index is -0.135. The molecule has 0 aliphatic heterocycles. The Balaban J connectivity index is 2.38. The van der Waals surface area contributed by atoms with Crippen molar-refractivity contribution in [2.24, 2.45) is 0 Å². The van der Waals surface area contributed by atoms with Gasteiger partial charge >= 0.3 is 0 Å². The Kier molecular flexibility index (Phi) is 2.79. The van der Waals surface area contributed by atoms with E-state index in [2.05, 4.69) is 67.0 Å². The predicted molar refractivity (Wildman–Crippen MR) is 85.6 cm³/mol. The maximum atomic E-state index is 5.81. The van der Waals surface area contributed by atoms with E-state index in [9.17, 15) is 0 Å². The molecule has 6 nitrogen and oxygen atoms in total. The lowest BCUT2D eigenvalue weighted by atomic mass is 10.1. The third kappa shape index (κ3) is 2.37. The molecule has 2 heterocycles. The quantitative estimate of drug-likeness (QED) is 0.718. The van der Waals surface area contributed by atoms with Crippen molar-refractivity contribution in [3.63, 3.8) is 0 Å². The summed E-state index contributed by atoms with van der Waals surface area (Å²) < 4.78 is 1.92. The summed E-state index contributed by atoms with van der Waals surface area (Å²) in [6, 6.07) is 4.18. The van der Waals surface area contributed by atoms with Gasteiger partial charge in [-0.05, 0) is 57.9 Å². The molecule has 2 aromatic heterocycles. The first kappa shape index (κ1) is 13.6. The minimum absolute atomic E-state index is 0.135. The zero-order valence-electron chi connectivity index (χ0n) is 13.0. The molecule has 0 saturated carbocycles. The van der Waals surface area contributed by atoms with E-state index in [4.69, 9.17) is 5.73 Å². The summed E-state index contributed by atoms with van der Waals surface area (Å²) in [7, 11) is 0. The number of nitrogens with zero attached hydrogens (tertiary/aromatic N) is 4. The molecule has 0 spiro atoms. The SMILES string of the molecule is Cc1cc2nc3nc(N)nc(NC(C)(C)C)n3c2cc1C. The largest absolute Gasteiger partial charge is 0.368 e. The number of nitrogens with one attached hydrogen (secondary N) is 1. The molecule has 110 valence electrons. The lowest BCUT2D eigenvalue weighted by Gasteiger charge is -2.22. The van der Waals surface area contributed by atoms with E-state index < -0.39 is 0 Å². The summed E-state index contributed by atoms with van der Waals surface area (Å²) in [5.41, 5.74) is 9.98. The number of hydrogen-bond acceptors (Lipinski definition) is 5. The number of anilines is 2. The molecule has 0 fully saturated rings. The van der Waals surface area contributed by atoms with Gasteiger partial charge in [0.2, 0.25) is 17.7 Å². The van der Waals surface area contributed by atoms with E-state index in [1.807, 2.05) is 4.40 Å². The van der Waals surface area contributed by atoms with Crippen LogP contribution < -0.4 is 11.1 Å². The number of fused-ring (bicyclic) bond motifs is 3. The lowest BCUT2D eigenvalue weighted by Crippen LogP contribution is -2.28. The zero-order chi connectivity index (χ0) is 15.4. The van der Waals surface area contributed by atoms with Gasteiger partial charge in [-0.25, -0.2) is 9.38 Å². The van der Waals surface area contributed by atoms with Gasteiger partial charge in [0.1, 0.15) is 0 Å². The van der Waals surface area contributed by atoms with Crippen molar-refractivity contribution in [1.82, 2.24) is 19.4 Å². The van der Waals surface area contributed by atoms with E-state index in [1.54, 1.807) is 0 Å². The van der Waals surface area contributed by atoms with Crippen LogP contribution in [0.15, 0.2) is 12.1 Å². The van der Waals surface area contributed by atoms with Gasteiger partial charge in [0.05, 0.1) is 11.0 Å². The highest BCUT2D eigenvalue weighted by Crippen LogP contribution is 2.24. The van der Waals surface area contributed by atoms with Gasteiger partial charge in [-0.2, -0.15) is 9.97 Å². The standard InChI is InChI=1S/C15H20N6/c1-8-6-10-11(7-9(8)2)21-13(17-10)18-12(16)19-14(21)20-15(3,4)5/h6-7H,1-5H3,(H3,16,17,18,19,20). The van der Waals surface area contributed by atoms with E-state index in [0.717, 1.165) is 11.0 Å². The topological polar surface area (TPSA) is 81.1 Å². The second-order valence-corrected chi connectivity index (χ2v) is 6.45. The summed E-state index contributed by atoms with van der Waals surface area (Å²) in [5, 5.41) is 3.37. The fourth-order valence-corrected chi connectivity index (χ4v) is 2.31. The van der Waals surface area contributed by atoms with Crippen LogP contribution in [0.4, 0.5) is 11.9 Å². The van der Waals surface area contributed by atoms with Crippen LogP contribution in [0.5, 0.6) is 0 Å². The number of nitrogens with two attached hydrogens (primary N) is 1. The minimum Gasteiger partial charge on any atom is -0.368 e. The smallest absolute Gasteiger partial charge is 0.241 e. The summed E-state index contributed by atoms with van der Waals surface area (Å²) in [5.74, 6) is 1.45. The number of imidazole rings is 1. The zero-order valence-corrected chi connectivity index (χ0v) is 13.0. The summed E-state index contributed by atoms with van der Waals surface area (Å²) >= 11 is 0. The molecule has 0 radical (unpaired) electrons. The average Bonchev–Trinajstić information content (AvgIpc) is 2.64. The van der Waals surface area contributed by atoms with Crippen LogP contribution in [0.1, 0.15) is 31.9 Å². The second kappa shape index (κ2) is 4.31. The first-order valence-electron chi connectivity index (χ1n) is 6.96. The summed E-state index contributed by atoms with van der Waals surface area (Å²) in [4.78, 5) is 13.1. The molecule has 0 amide bonds. The van der Waals surface area contributed by atoms with Gasteiger partial charge < -0.3 is 11.1 Å². The predicted octanol–water partition coefficient (Wildman–Crippen LogP) is 2.69. The van der Waals surface area contributed by atoms with Crippen LogP contribution in [-0.4, -0.2) is 24.9 Å². The molecule has 0 bridgehead atoms. The van der Waals surface area contributed by atoms with Gasteiger partial charge in [-0.3, -0.25) is 0 Å². The highest BCUT2D eigenvalue weighted by Gasteiger charge is 2.17. The van der Waals surface area contributed by atoms with Crippen LogP contribution in [0, 0.1) is 13.8 Å². The Morgan fingerprint density at radius 1 is 1.05 bits per heavy atom. The Labute approximate surface area is 123 Å². The van der Waals surface area contributed by atoms with Crippen molar-refractivity contribution in [1.29, 1.82) is 0 Å². The number of nitrogen functional groups attached to an aromatic ring is 1.